The molecule has 0 spiro atoms. The van der Waals surface area contributed by atoms with Crippen LogP contribution in [0.15, 0.2) is 53.1 Å². The maximum atomic E-state index is 12.7. The van der Waals surface area contributed by atoms with E-state index in [1.807, 2.05) is 36.0 Å². The van der Waals surface area contributed by atoms with E-state index in [4.69, 9.17) is 16.1 Å². The van der Waals surface area contributed by atoms with Gasteiger partial charge in [0.05, 0.1) is 12.5 Å². The number of aromatic nitrogens is 2. The van der Waals surface area contributed by atoms with E-state index in [0.29, 0.717) is 36.4 Å². The first-order valence-corrected chi connectivity index (χ1v) is 12.8. The zero-order chi connectivity index (χ0) is 23.0. The topological polar surface area (TPSA) is 71.3 Å². The van der Waals surface area contributed by atoms with Gasteiger partial charge in [0.2, 0.25) is 17.6 Å². The number of amides is 1. The molecule has 1 fully saturated rings. The van der Waals surface area contributed by atoms with Crippen molar-refractivity contribution in [2.45, 2.75) is 32.1 Å². The van der Waals surface area contributed by atoms with Crippen LogP contribution in [0.5, 0.6) is 0 Å². The van der Waals surface area contributed by atoms with Crippen molar-refractivity contribution < 1.29 is 9.32 Å². The van der Waals surface area contributed by atoms with E-state index in [9.17, 15) is 4.79 Å². The lowest BCUT2D eigenvalue weighted by Crippen LogP contribution is -2.43. The molecule has 2 aromatic carbocycles. The van der Waals surface area contributed by atoms with Crippen LogP contribution in [0.3, 0.4) is 0 Å². The lowest BCUT2D eigenvalue weighted by molar-refractivity contribution is -0.126. The Hall–Kier alpha value is -2.35. The van der Waals surface area contributed by atoms with Crippen molar-refractivity contribution in [3.63, 3.8) is 0 Å². The number of hydrogen-bond donors (Lipinski definition) is 1. The minimum atomic E-state index is -0.00422. The van der Waals surface area contributed by atoms with Gasteiger partial charge in [0, 0.05) is 35.2 Å². The van der Waals surface area contributed by atoms with E-state index in [0.717, 1.165) is 36.5 Å². The summed E-state index contributed by atoms with van der Waals surface area (Å²) in [7, 11) is 0. The van der Waals surface area contributed by atoms with Gasteiger partial charge >= 0.3 is 0 Å². The maximum absolute atomic E-state index is 12.7. The Kier molecular flexibility index (Phi) is 8.42. The van der Waals surface area contributed by atoms with Crippen LogP contribution in [0, 0.1) is 12.8 Å². The number of benzene rings is 2. The number of rotatable bonds is 9. The first kappa shape index (κ1) is 23.8. The molecule has 1 aliphatic rings. The molecular formula is C25H29ClN4O2S. The van der Waals surface area contributed by atoms with Crippen molar-refractivity contribution in [3.05, 3.63) is 70.6 Å². The molecule has 174 valence electrons. The highest BCUT2D eigenvalue weighted by atomic mass is 35.5. The normalized spacial score (nSPS) is 16.6. The number of likely N-dealkylation sites (tertiary alicyclic amines) is 1. The fourth-order valence-electron chi connectivity index (χ4n) is 4.01. The molecular weight excluding hydrogens is 456 g/mol. The fourth-order valence-corrected chi connectivity index (χ4v) is 5.14. The number of nitrogens with one attached hydrogen (secondary N) is 1. The predicted octanol–water partition coefficient (Wildman–Crippen LogP) is 4.96. The van der Waals surface area contributed by atoms with Gasteiger partial charge in [-0.05, 0) is 49.6 Å². The average molecular weight is 485 g/mol. The highest BCUT2D eigenvalue weighted by Crippen LogP contribution is 2.22. The molecule has 1 saturated heterocycles. The summed E-state index contributed by atoms with van der Waals surface area (Å²) in [6, 6.07) is 15.8. The lowest BCUT2D eigenvalue weighted by atomic mass is 9.97. The second kappa shape index (κ2) is 11.7. The summed E-state index contributed by atoms with van der Waals surface area (Å²) in [4.78, 5) is 19.4. The molecule has 2 heterocycles. The maximum Gasteiger partial charge on any atom is 0.241 e. The fraction of sp³-hybridized carbons (Fsp3) is 0.400. The third-order valence-corrected chi connectivity index (χ3v) is 7.09. The molecule has 1 amide bonds. The number of carbonyl (C=O) groups excluding carboxylic acids is 1. The summed E-state index contributed by atoms with van der Waals surface area (Å²) in [6.45, 7) is 5.00. The Morgan fingerprint density at radius 1 is 1.27 bits per heavy atom. The number of halogens is 1. The SMILES string of the molecule is Cc1ccccc1CSCCNC(=O)C1CCCN(Cc2nc(-c3cccc(Cl)c3)no2)C1. The quantitative estimate of drug-likeness (QED) is 0.433. The van der Waals surface area contributed by atoms with Crippen LogP contribution < -0.4 is 5.32 Å². The standard InChI is InChI=1S/C25H29ClN4O2S/c1-18-6-2-3-7-21(18)17-33-13-11-27-25(31)20-9-5-12-30(15-20)16-23-28-24(29-32-23)19-8-4-10-22(26)14-19/h2-4,6-8,10,14,20H,5,9,11-13,15-17H2,1H3,(H,27,31). The van der Waals surface area contributed by atoms with E-state index in [2.05, 4.69) is 51.5 Å². The largest absolute Gasteiger partial charge is 0.355 e. The van der Waals surface area contributed by atoms with Crippen molar-refractivity contribution in [2.75, 3.05) is 25.4 Å². The second-order valence-corrected chi connectivity index (χ2v) is 9.91. The summed E-state index contributed by atoms with van der Waals surface area (Å²) in [6.07, 6.45) is 1.89. The number of piperidine rings is 1. The van der Waals surface area contributed by atoms with Crippen molar-refractivity contribution in [1.82, 2.24) is 20.4 Å². The van der Waals surface area contributed by atoms with Crippen LogP contribution in [-0.4, -0.2) is 46.3 Å². The zero-order valence-corrected chi connectivity index (χ0v) is 20.4. The summed E-state index contributed by atoms with van der Waals surface area (Å²) >= 11 is 7.91. The van der Waals surface area contributed by atoms with Crippen molar-refractivity contribution in [2.24, 2.45) is 5.92 Å². The Bertz CT molecular complexity index is 1070. The molecule has 1 atom stereocenters. The lowest BCUT2D eigenvalue weighted by Gasteiger charge is -2.30. The van der Waals surface area contributed by atoms with Gasteiger partial charge in [-0.3, -0.25) is 9.69 Å². The molecule has 1 N–H and O–H groups in total. The number of aryl methyl sites for hydroxylation is 1. The molecule has 4 rings (SSSR count). The molecule has 0 radical (unpaired) electrons. The van der Waals surface area contributed by atoms with Crippen LogP contribution >= 0.6 is 23.4 Å². The smallest absolute Gasteiger partial charge is 0.241 e. The van der Waals surface area contributed by atoms with Gasteiger partial charge < -0.3 is 9.84 Å². The molecule has 0 aliphatic carbocycles. The van der Waals surface area contributed by atoms with E-state index >= 15 is 0 Å². The Labute approximate surface area is 204 Å². The molecule has 1 aliphatic heterocycles. The average Bonchev–Trinajstić information content (AvgIpc) is 3.28. The van der Waals surface area contributed by atoms with E-state index in [1.54, 1.807) is 0 Å². The number of hydrogen-bond acceptors (Lipinski definition) is 6. The van der Waals surface area contributed by atoms with Crippen LogP contribution in [0.1, 0.15) is 29.9 Å². The molecule has 0 saturated carbocycles. The second-order valence-electron chi connectivity index (χ2n) is 8.37. The summed E-state index contributed by atoms with van der Waals surface area (Å²) in [5.74, 6) is 3.10. The third kappa shape index (κ3) is 6.82. The molecule has 33 heavy (non-hydrogen) atoms. The molecule has 1 unspecified atom stereocenters. The number of carbonyl (C=O) groups is 1. The summed E-state index contributed by atoms with van der Waals surface area (Å²) in [5, 5.41) is 7.83. The number of thioether (sulfide) groups is 1. The third-order valence-electron chi connectivity index (χ3n) is 5.85. The van der Waals surface area contributed by atoms with Crippen LogP contribution in [-0.2, 0) is 17.1 Å². The van der Waals surface area contributed by atoms with Crippen LogP contribution in [0.2, 0.25) is 5.02 Å². The van der Waals surface area contributed by atoms with Gasteiger partial charge in [0.25, 0.3) is 0 Å². The van der Waals surface area contributed by atoms with Gasteiger partial charge in [-0.1, -0.05) is 53.2 Å². The van der Waals surface area contributed by atoms with Crippen molar-refractivity contribution in [1.29, 1.82) is 0 Å². The highest BCUT2D eigenvalue weighted by molar-refractivity contribution is 7.98. The zero-order valence-electron chi connectivity index (χ0n) is 18.8. The van der Waals surface area contributed by atoms with Gasteiger partial charge in [0.1, 0.15) is 0 Å². The predicted molar refractivity (Wildman–Crippen MR) is 133 cm³/mol. The summed E-state index contributed by atoms with van der Waals surface area (Å²) in [5.41, 5.74) is 3.50. The van der Waals surface area contributed by atoms with E-state index < -0.39 is 0 Å². The molecule has 8 heteroatoms. The molecule has 3 aromatic rings. The van der Waals surface area contributed by atoms with E-state index in [1.165, 1.54) is 11.1 Å². The van der Waals surface area contributed by atoms with Gasteiger partial charge in [0.15, 0.2) is 0 Å². The number of nitrogens with zero attached hydrogens (tertiary/aromatic N) is 3. The van der Waals surface area contributed by atoms with Crippen LogP contribution in [0.4, 0.5) is 0 Å². The van der Waals surface area contributed by atoms with Gasteiger partial charge in [-0.15, -0.1) is 0 Å². The Morgan fingerprint density at radius 2 is 2.15 bits per heavy atom. The molecule has 6 nitrogen and oxygen atoms in total. The summed E-state index contributed by atoms with van der Waals surface area (Å²) < 4.78 is 5.44. The first-order chi connectivity index (χ1) is 16.1. The Balaban J connectivity index is 1.20. The minimum absolute atomic E-state index is 0.00422. The van der Waals surface area contributed by atoms with Crippen LogP contribution in [0.25, 0.3) is 11.4 Å². The van der Waals surface area contributed by atoms with Gasteiger partial charge in [-0.2, -0.15) is 16.7 Å². The van der Waals surface area contributed by atoms with Crippen molar-refractivity contribution >= 4 is 29.3 Å². The van der Waals surface area contributed by atoms with Crippen molar-refractivity contribution in [3.8, 4) is 11.4 Å². The Morgan fingerprint density at radius 3 is 3.00 bits per heavy atom. The van der Waals surface area contributed by atoms with Gasteiger partial charge in [-0.25, -0.2) is 0 Å². The highest BCUT2D eigenvalue weighted by Gasteiger charge is 2.26. The van der Waals surface area contributed by atoms with E-state index in [-0.39, 0.29) is 11.8 Å². The monoisotopic (exact) mass is 484 g/mol. The minimum Gasteiger partial charge on any atom is -0.355 e. The first-order valence-electron chi connectivity index (χ1n) is 11.3. The molecule has 0 bridgehead atoms. The molecule has 1 aromatic heterocycles.